The zero-order chi connectivity index (χ0) is 65.0. The van der Waals surface area contributed by atoms with Crippen molar-refractivity contribution in [1.29, 1.82) is 0 Å². The van der Waals surface area contributed by atoms with Crippen molar-refractivity contribution in [2.75, 3.05) is 98.9 Å². The van der Waals surface area contributed by atoms with Gasteiger partial charge in [0.05, 0.1) is 59.5 Å². The summed E-state index contributed by atoms with van der Waals surface area (Å²) in [7, 11) is 0. The van der Waals surface area contributed by atoms with Crippen LogP contribution in [0.4, 0.5) is 0 Å². The molecule has 88 heavy (non-hydrogen) atoms. The van der Waals surface area contributed by atoms with Crippen molar-refractivity contribution in [2.45, 2.75) is 223 Å². The van der Waals surface area contributed by atoms with Gasteiger partial charge in [-0.15, -0.1) is 0 Å². The highest BCUT2D eigenvalue weighted by molar-refractivity contribution is 5.77. The van der Waals surface area contributed by atoms with Gasteiger partial charge in [0.1, 0.15) is 73.1 Å². The third kappa shape index (κ3) is 28.7. The van der Waals surface area contributed by atoms with Gasteiger partial charge in [-0.2, -0.15) is 0 Å². The molecule has 3 aliphatic rings. The highest BCUT2D eigenvalue weighted by atomic mass is 16.7. The van der Waals surface area contributed by atoms with Crippen molar-refractivity contribution in [3.63, 3.8) is 0 Å². The Morgan fingerprint density at radius 3 is 0.898 bits per heavy atom. The van der Waals surface area contributed by atoms with Crippen molar-refractivity contribution < 1.29 is 117 Å². The first-order valence-electron chi connectivity index (χ1n) is 31.2. The van der Waals surface area contributed by atoms with Crippen LogP contribution >= 0.6 is 0 Å². The molecule has 0 bridgehead atoms. The average molecular weight is 1270 g/mol. The van der Waals surface area contributed by atoms with E-state index in [1.54, 1.807) is 0 Å². The molecule has 3 heterocycles. The number of ether oxygens (including phenoxy) is 9. The van der Waals surface area contributed by atoms with Crippen LogP contribution in [0.3, 0.4) is 0 Å². The van der Waals surface area contributed by atoms with Crippen LogP contribution in [0.1, 0.15) is 131 Å². The number of nitrogens with one attached hydrogen (secondary N) is 6. The largest absolute Gasteiger partial charge is 0.394 e. The van der Waals surface area contributed by atoms with Gasteiger partial charge in [0, 0.05) is 84.9 Å². The summed E-state index contributed by atoms with van der Waals surface area (Å²) in [5.41, 5.74) is -0.721. The smallest absolute Gasteiger partial charge is 0.222 e. The lowest BCUT2D eigenvalue weighted by Gasteiger charge is -2.42. The van der Waals surface area contributed by atoms with Gasteiger partial charge in [-0.1, -0.05) is 52.4 Å². The maximum Gasteiger partial charge on any atom is 0.222 e. The highest BCUT2D eigenvalue weighted by Crippen LogP contribution is 2.31. The van der Waals surface area contributed by atoms with Gasteiger partial charge in [-0.25, -0.2) is 0 Å². The lowest BCUT2D eigenvalue weighted by molar-refractivity contribution is -0.270. The van der Waals surface area contributed by atoms with Crippen molar-refractivity contribution in [1.82, 2.24) is 31.9 Å². The second-order valence-electron chi connectivity index (χ2n) is 23.1. The Labute approximate surface area is 516 Å². The van der Waals surface area contributed by atoms with E-state index in [0.717, 1.165) is 38.5 Å². The molecule has 0 spiro atoms. The van der Waals surface area contributed by atoms with Crippen LogP contribution in [0, 0.1) is 11.3 Å². The summed E-state index contributed by atoms with van der Waals surface area (Å²) in [4.78, 5) is 73.5. The summed E-state index contributed by atoms with van der Waals surface area (Å²) in [6, 6.07) is -3.05. The van der Waals surface area contributed by atoms with E-state index in [0.29, 0.717) is 58.2 Å². The van der Waals surface area contributed by atoms with Crippen LogP contribution in [0.15, 0.2) is 0 Å². The van der Waals surface area contributed by atoms with E-state index in [4.69, 9.17) is 42.6 Å². The van der Waals surface area contributed by atoms with Crippen LogP contribution in [0.2, 0.25) is 0 Å². The molecule has 0 aromatic carbocycles. The fourth-order valence-electron chi connectivity index (χ4n) is 10.1. The number of rotatable bonds is 46. The van der Waals surface area contributed by atoms with Gasteiger partial charge in [-0.05, 0) is 44.4 Å². The summed E-state index contributed by atoms with van der Waals surface area (Å²) in [5.74, 6) is -1.99. The Hall–Kier alpha value is -3.90. The molecule has 0 aliphatic carbocycles. The quantitative estimate of drug-likeness (QED) is 0.0266. The Bertz CT molecular complexity index is 1780. The van der Waals surface area contributed by atoms with Crippen molar-refractivity contribution in [3.05, 3.63) is 0 Å². The fraction of sp³-hybridized carbons (Fsp3) is 0.897. The third-order valence-electron chi connectivity index (χ3n) is 15.6. The lowest BCUT2D eigenvalue weighted by atomic mass is 9.79. The number of unbranched alkanes of at least 4 members (excludes halogenated alkanes) is 9. The zero-order valence-corrected chi connectivity index (χ0v) is 52.1. The standard InChI is InChI=1S/C58H106N6O24/c1-36(2)58(33-80-27-18-43(71)59-21-12-6-9-15-24-83-55-46(62-37(3)68)52(77)49(74)40(30-65)86-55,34-81-28-19-44(72)60-22-13-7-10-16-25-84-56-47(63-38(4)69)53(78)50(75)41(31-66)87-56)35-82-29-20-45(73)61-23-14-8-11-17-26-85-57-48(64-39(5)70)54(79)51(76)42(32-67)88-57/h36,40-42,46-57,65-67,74-79H,6-35H2,1-5H3,(H,59,71)(H,60,72)(H,61,73)(H,62,68)(H,63,69)(H,64,70)/t40?,41?,42?,46?,47?,48?,49-,50-,51-,52?,53?,54?,55+,56+,57+,58?/m0/s1. The van der Waals surface area contributed by atoms with Crippen LogP contribution in [-0.2, 0) is 71.4 Å². The van der Waals surface area contributed by atoms with Crippen molar-refractivity contribution in [2.24, 2.45) is 11.3 Å². The molecule has 0 radical (unpaired) electrons. The number of aliphatic hydroxyl groups excluding tert-OH is 9. The predicted molar refractivity (Wildman–Crippen MR) is 312 cm³/mol. The van der Waals surface area contributed by atoms with Gasteiger partial charge in [0.25, 0.3) is 0 Å². The molecule has 6 amide bonds. The number of aliphatic hydroxyl groups is 9. The minimum absolute atomic E-state index is 0.0625. The van der Waals surface area contributed by atoms with E-state index in [1.807, 2.05) is 13.8 Å². The maximum absolute atomic E-state index is 12.8. The molecule has 3 fully saturated rings. The summed E-state index contributed by atoms with van der Waals surface area (Å²) in [5, 5.41) is 107. The first-order chi connectivity index (χ1) is 42.1. The van der Waals surface area contributed by atoms with Crippen LogP contribution < -0.4 is 31.9 Å². The second-order valence-corrected chi connectivity index (χ2v) is 23.1. The molecular weight excluding hydrogens is 1160 g/mol. The minimum Gasteiger partial charge on any atom is -0.394 e. The van der Waals surface area contributed by atoms with Gasteiger partial charge in [0.2, 0.25) is 35.4 Å². The molecule has 3 saturated heterocycles. The molecule has 30 nitrogen and oxygen atoms in total. The van der Waals surface area contributed by atoms with Crippen LogP contribution in [0.5, 0.6) is 0 Å². The monoisotopic (exact) mass is 1270 g/mol. The highest BCUT2D eigenvalue weighted by Gasteiger charge is 2.48. The summed E-state index contributed by atoms with van der Waals surface area (Å²) in [6.07, 6.45) is -6.07. The van der Waals surface area contributed by atoms with E-state index in [9.17, 15) is 74.7 Å². The van der Waals surface area contributed by atoms with E-state index >= 15 is 0 Å². The molecule has 512 valence electrons. The predicted octanol–water partition coefficient (Wildman–Crippen LogP) is -3.24. The Balaban J connectivity index is 1.40. The SMILES string of the molecule is CC(=O)NC1C(O)[C@@H](O)C(CO)O[C@H]1OCCCCCCNC(=O)CCOCC(COCCC(=O)NCCCCCCO[C@@H]1OC(CO)[C@H](O)C(O)C1NC(C)=O)(COCCC(=O)NCCCCCCO[C@@H]1OC(CO)[C@H](O)C(O)C1NC(C)=O)C(C)C. The average Bonchev–Trinajstić information content (AvgIpc) is 3.70. The Kier molecular flexibility index (Phi) is 39.0. The molecule has 15 atom stereocenters. The van der Waals surface area contributed by atoms with Crippen LogP contribution in [0.25, 0.3) is 0 Å². The normalized spacial score (nSPS) is 27.9. The number of carbonyl (C=O) groups excluding carboxylic acids is 6. The van der Waals surface area contributed by atoms with Gasteiger partial charge in [0.15, 0.2) is 18.9 Å². The zero-order valence-electron chi connectivity index (χ0n) is 52.1. The summed E-state index contributed by atoms with van der Waals surface area (Å²) >= 11 is 0. The summed E-state index contributed by atoms with van der Waals surface area (Å²) < 4.78 is 52.4. The fourth-order valence-corrected chi connectivity index (χ4v) is 10.1. The van der Waals surface area contributed by atoms with Gasteiger partial charge in [-0.3, -0.25) is 28.8 Å². The molecule has 30 heteroatoms. The maximum atomic E-state index is 12.8. The number of hydrogen-bond donors (Lipinski definition) is 15. The lowest BCUT2D eigenvalue weighted by Crippen LogP contribution is -2.64. The molecule has 15 N–H and O–H groups in total. The topological polar surface area (TPSA) is 440 Å². The van der Waals surface area contributed by atoms with Crippen molar-refractivity contribution >= 4 is 35.4 Å². The van der Waals surface area contributed by atoms with E-state index in [1.165, 1.54) is 20.8 Å². The van der Waals surface area contributed by atoms with Crippen LogP contribution in [-0.4, -0.2) is 272 Å². The van der Waals surface area contributed by atoms with Gasteiger partial charge >= 0.3 is 0 Å². The second kappa shape index (κ2) is 43.8. The Morgan fingerprint density at radius 1 is 0.398 bits per heavy atom. The molecule has 9 unspecified atom stereocenters. The first-order valence-corrected chi connectivity index (χ1v) is 31.2. The third-order valence-corrected chi connectivity index (χ3v) is 15.6. The number of carbonyl (C=O) groups is 6. The van der Waals surface area contributed by atoms with E-state index in [-0.39, 0.29) is 102 Å². The first kappa shape index (κ1) is 78.3. The van der Waals surface area contributed by atoms with Crippen molar-refractivity contribution in [3.8, 4) is 0 Å². The molecule has 0 saturated carbocycles. The Morgan fingerprint density at radius 2 is 0.659 bits per heavy atom. The number of hydrogen-bond acceptors (Lipinski definition) is 24. The number of amides is 6. The molecule has 3 rings (SSSR count). The molecule has 0 aromatic rings. The van der Waals surface area contributed by atoms with E-state index < -0.39 is 135 Å². The molecule has 0 aromatic heterocycles. The minimum atomic E-state index is -1.40. The van der Waals surface area contributed by atoms with Gasteiger partial charge < -0.3 is 120 Å². The molecule has 3 aliphatic heterocycles. The summed E-state index contributed by atoms with van der Waals surface area (Å²) in [6.45, 7) is 8.92. The van der Waals surface area contributed by atoms with E-state index in [2.05, 4.69) is 31.9 Å². The molecular formula is C58H106N6O24.